The molecule has 0 aromatic heterocycles. The summed E-state index contributed by atoms with van der Waals surface area (Å²) in [5, 5.41) is 73.7. The van der Waals surface area contributed by atoms with Gasteiger partial charge in [-0.1, -0.05) is 20.3 Å². The Kier molecular flexibility index (Phi) is 23.4. The molecule has 8 amide bonds. The summed E-state index contributed by atoms with van der Waals surface area (Å²) in [6, 6.07) is -11.4. The van der Waals surface area contributed by atoms with Crippen LogP contribution in [0.2, 0.25) is 0 Å². The zero-order valence-corrected chi connectivity index (χ0v) is 33.0. The first-order chi connectivity index (χ1) is 27.4. The number of hydrogen-bond acceptors (Lipinski definition) is 15. The molecule has 0 aromatic rings. The Morgan fingerprint density at radius 2 is 1.05 bits per heavy atom. The number of nitrogens with one attached hydrogen (secondary N) is 8. The van der Waals surface area contributed by atoms with Gasteiger partial charge in [0, 0.05) is 6.42 Å². The molecule has 59 heavy (non-hydrogen) atoms. The summed E-state index contributed by atoms with van der Waals surface area (Å²) < 4.78 is 0. The molecule has 0 aliphatic heterocycles. The second kappa shape index (κ2) is 26.1. The number of carbonyl (C=O) groups excluding carboxylic acids is 8. The minimum atomic E-state index is -1.98. The van der Waals surface area contributed by atoms with E-state index in [-0.39, 0.29) is 5.92 Å². The van der Waals surface area contributed by atoms with Gasteiger partial charge >= 0.3 is 17.9 Å². The van der Waals surface area contributed by atoms with Gasteiger partial charge in [0.05, 0.1) is 37.8 Å². The molecule has 0 saturated heterocycles. The van der Waals surface area contributed by atoms with Crippen LogP contribution in [0, 0.1) is 5.92 Å². The Morgan fingerprint density at radius 3 is 1.54 bits per heavy atom. The molecule has 0 radical (unpaired) electrons. The molecular formula is C33H55N9O17. The number of amides is 8. The third-order valence-corrected chi connectivity index (χ3v) is 8.40. The lowest BCUT2D eigenvalue weighted by atomic mass is 9.99. The number of rotatable bonds is 27. The van der Waals surface area contributed by atoms with E-state index in [0.29, 0.717) is 6.42 Å². The van der Waals surface area contributed by atoms with E-state index in [1.54, 1.807) is 13.8 Å². The van der Waals surface area contributed by atoms with Crippen molar-refractivity contribution in [2.75, 3.05) is 19.7 Å². The van der Waals surface area contributed by atoms with Gasteiger partial charge in [-0.3, -0.25) is 52.7 Å². The lowest BCUT2D eigenvalue weighted by Crippen LogP contribution is -2.61. The molecule has 0 heterocycles. The SMILES string of the molecule is CC[C@H](C)[C@H](N)C(=O)N[C@H](C(=O)NCC(=O)N[C@@H](CCC(=O)O)C(=O)N[C@@H](C)C(=O)N[C@H](C(=O)N[C@@H](CC(=O)O)C(=O)N[C@@H](CO)C(=O)NCC(=O)O)[C@@H](C)O)[C@@H](C)O. The molecular weight excluding hydrogens is 794 g/mol. The molecule has 26 heteroatoms. The minimum absolute atomic E-state index is 0.269. The van der Waals surface area contributed by atoms with Crippen LogP contribution in [0.15, 0.2) is 0 Å². The number of aliphatic hydroxyl groups is 3. The quantitative estimate of drug-likeness (QED) is 0.0365. The highest BCUT2D eigenvalue weighted by Crippen LogP contribution is 2.07. The van der Waals surface area contributed by atoms with Gasteiger partial charge in [0.15, 0.2) is 0 Å². The van der Waals surface area contributed by atoms with E-state index < -0.39 is 159 Å². The molecule has 0 aromatic carbocycles. The van der Waals surface area contributed by atoms with E-state index in [1.807, 2.05) is 16.0 Å². The molecule has 26 nitrogen and oxygen atoms in total. The van der Waals surface area contributed by atoms with Crippen LogP contribution in [0.5, 0.6) is 0 Å². The molecule has 0 fully saturated rings. The first-order valence-electron chi connectivity index (χ1n) is 18.1. The topological polar surface area (TPSA) is 431 Å². The van der Waals surface area contributed by atoms with Gasteiger partial charge in [0.25, 0.3) is 0 Å². The smallest absolute Gasteiger partial charge is 0.322 e. The van der Waals surface area contributed by atoms with Crippen LogP contribution in [0.25, 0.3) is 0 Å². The summed E-state index contributed by atoms with van der Waals surface area (Å²) in [7, 11) is 0. The largest absolute Gasteiger partial charge is 0.481 e. The number of carbonyl (C=O) groups is 11. The maximum absolute atomic E-state index is 13.1. The Balaban J connectivity index is 5.78. The first-order valence-corrected chi connectivity index (χ1v) is 18.1. The fourth-order valence-corrected chi connectivity index (χ4v) is 4.69. The fourth-order valence-electron chi connectivity index (χ4n) is 4.69. The minimum Gasteiger partial charge on any atom is -0.481 e. The van der Waals surface area contributed by atoms with E-state index in [4.69, 9.17) is 15.9 Å². The third kappa shape index (κ3) is 19.8. The molecule has 0 saturated carbocycles. The summed E-state index contributed by atoms with van der Waals surface area (Å²) in [5.74, 6) is -13.7. The molecule has 0 aliphatic carbocycles. The molecule has 0 bridgehead atoms. The van der Waals surface area contributed by atoms with Gasteiger partial charge in [-0.05, 0) is 33.1 Å². The highest BCUT2D eigenvalue weighted by atomic mass is 16.4. The van der Waals surface area contributed by atoms with Crippen LogP contribution in [0.1, 0.15) is 60.3 Å². The summed E-state index contributed by atoms with van der Waals surface area (Å²) in [4.78, 5) is 136. The average Bonchev–Trinajstić information content (AvgIpc) is 3.15. The van der Waals surface area contributed by atoms with Crippen LogP contribution in [0.3, 0.4) is 0 Å². The fraction of sp³-hybridized carbons (Fsp3) is 0.667. The molecule has 0 aliphatic rings. The molecule has 10 atom stereocenters. The lowest BCUT2D eigenvalue weighted by Gasteiger charge is -2.27. The number of aliphatic carboxylic acids is 3. The van der Waals surface area contributed by atoms with Crippen molar-refractivity contribution in [3.05, 3.63) is 0 Å². The molecule has 16 N–H and O–H groups in total. The van der Waals surface area contributed by atoms with E-state index in [0.717, 1.165) is 13.8 Å². The Hall–Kier alpha value is -5.99. The summed E-state index contributed by atoms with van der Waals surface area (Å²) in [6.07, 6.45) is -4.94. The predicted molar refractivity (Wildman–Crippen MR) is 198 cm³/mol. The number of hydrogen-bond donors (Lipinski definition) is 15. The van der Waals surface area contributed by atoms with Gasteiger partial charge in [-0.15, -0.1) is 0 Å². The lowest BCUT2D eigenvalue weighted by molar-refractivity contribution is -0.142. The van der Waals surface area contributed by atoms with Crippen molar-refractivity contribution in [1.82, 2.24) is 42.5 Å². The molecule has 0 rings (SSSR count). The van der Waals surface area contributed by atoms with Crippen LogP contribution in [-0.4, -0.2) is 170 Å². The van der Waals surface area contributed by atoms with Gasteiger partial charge in [0.2, 0.25) is 47.3 Å². The van der Waals surface area contributed by atoms with E-state index in [2.05, 4.69) is 26.6 Å². The Bertz CT molecular complexity index is 1540. The van der Waals surface area contributed by atoms with Crippen molar-refractivity contribution in [1.29, 1.82) is 0 Å². The standard InChI is InChI=1S/C33H55N9O17/c1-6-13(2)24(34)31(57)42-25(15(4)44)32(58)35-10-20(46)38-17(7-8-21(47)48)29(55)37-14(3)27(53)41-26(16(5)45)33(59)39-18(9-22(49)50)30(56)40-19(12-43)28(54)36-11-23(51)52/h13-19,24-26,43-45H,6-12,34H2,1-5H3,(H,35,58)(H,36,54)(H,37,55)(H,38,46)(H,39,59)(H,40,56)(H,41,53)(H,42,57)(H,47,48)(H,49,50)(H,51,52)/t13-,14-,15+,16+,17-,18-,19-,24-,25-,26-/m0/s1. The second-order valence-corrected chi connectivity index (χ2v) is 13.4. The van der Waals surface area contributed by atoms with Crippen LogP contribution >= 0.6 is 0 Å². The van der Waals surface area contributed by atoms with E-state index in [9.17, 15) is 73.2 Å². The number of aliphatic hydroxyl groups excluding tert-OH is 3. The summed E-state index contributed by atoms with van der Waals surface area (Å²) in [6.45, 7) is 4.00. The molecule has 0 spiro atoms. The number of carboxylic acid groups (broad SMARTS) is 3. The zero-order chi connectivity index (χ0) is 45.7. The maximum atomic E-state index is 13.1. The number of carboxylic acids is 3. The second-order valence-electron chi connectivity index (χ2n) is 13.4. The van der Waals surface area contributed by atoms with Crippen molar-refractivity contribution >= 4 is 65.2 Å². The molecule has 334 valence electrons. The highest BCUT2D eigenvalue weighted by molar-refractivity contribution is 5.98. The maximum Gasteiger partial charge on any atom is 0.322 e. The van der Waals surface area contributed by atoms with Crippen LogP contribution < -0.4 is 48.3 Å². The Labute approximate surface area is 337 Å². The van der Waals surface area contributed by atoms with Gasteiger partial charge in [-0.25, -0.2) is 0 Å². The normalized spacial score (nSPS) is 15.9. The van der Waals surface area contributed by atoms with Crippen molar-refractivity contribution in [3.63, 3.8) is 0 Å². The number of nitrogens with two attached hydrogens (primary N) is 1. The van der Waals surface area contributed by atoms with Crippen molar-refractivity contribution in [3.8, 4) is 0 Å². The van der Waals surface area contributed by atoms with Gasteiger partial charge < -0.3 is 78.9 Å². The van der Waals surface area contributed by atoms with Crippen LogP contribution in [-0.2, 0) is 52.7 Å². The highest BCUT2D eigenvalue weighted by Gasteiger charge is 2.35. The monoisotopic (exact) mass is 849 g/mol. The van der Waals surface area contributed by atoms with E-state index >= 15 is 0 Å². The average molecular weight is 850 g/mol. The molecule has 0 unspecified atom stereocenters. The first kappa shape index (κ1) is 53.0. The van der Waals surface area contributed by atoms with Gasteiger partial charge in [0.1, 0.15) is 42.8 Å². The summed E-state index contributed by atoms with van der Waals surface area (Å²) in [5.41, 5.74) is 5.87. The van der Waals surface area contributed by atoms with Crippen molar-refractivity contribution in [2.24, 2.45) is 11.7 Å². The van der Waals surface area contributed by atoms with Crippen molar-refractivity contribution in [2.45, 2.75) is 115 Å². The summed E-state index contributed by atoms with van der Waals surface area (Å²) >= 11 is 0. The van der Waals surface area contributed by atoms with Crippen molar-refractivity contribution < 1.29 is 83.4 Å². The Morgan fingerprint density at radius 1 is 0.542 bits per heavy atom. The van der Waals surface area contributed by atoms with Crippen LogP contribution in [0.4, 0.5) is 0 Å². The zero-order valence-electron chi connectivity index (χ0n) is 33.0. The van der Waals surface area contributed by atoms with Gasteiger partial charge in [-0.2, -0.15) is 0 Å². The third-order valence-electron chi connectivity index (χ3n) is 8.40. The van der Waals surface area contributed by atoms with E-state index in [1.165, 1.54) is 6.92 Å². The predicted octanol–water partition coefficient (Wildman–Crippen LogP) is -7.30.